The van der Waals surface area contributed by atoms with E-state index in [2.05, 4.69) is 24.0 Å². The summed E-state index contributed by atoms with van der Waals surface area (Å²) in [5.41, 5.74) is 8.13. The molecule has 0 bridgehead atoms. The lowest BCUT2D eigenvalue weighted by Crippen LogP contribution is -2.50. The SMILES string of the molecule is CCC[C@@H](N)C1(N2/C(=C/C#N)CC[C@H]2c2cccc(Cl)c2)CO1. The van der Waals surface area contributed by atoms with Crippen LogP contribution in [0, 0.1) is 11.3 Å². The van der Waals surface area contributed by atoms with Crippen molar-refractivity contribution in [3.63, 3.8) is 0 Å². The second-order valence-corrected chi connectivity index (χ2v) is 6.71. The van der Waals surface area contributed by atoms with Crippen LogP contribution in [0.4, 0.5) is 0 Å². The topological polar surface area (TPSA) is 65.6 Å². The van der Waals surface area contributed by atoms with E-state index >= 15 is 0 Å². The minimum atomic E-state index is -0.470. The quantitative estimate of drug-likeness (QED) is 0.659. The van der Waals surface area contributed by atoms with Gasteiger partial charge < -0.3 is 15.4 Å². The highest BCUT2D eigenvalue weighted by Crippen LogP contribution is 2.50. The summed E-state index contributed by atoms with van der Waals surface area (Å²) in [6.07, 6.45) is 5.34. The largest absolute Gasteiger partial charge is 0.346 e. The van der Waals surface area contributed by atoms with Crippen molar-refractivity contribution < 1.29 is 4.74 Å². The minimum Gasteiger partial charge on any atom is -0.346 e. The number of rotatable bonds is 5. The Hall–Kier alpha value is -1.54. The maximum absolute atomic E-state index is 9.13. The molecule has 2 saturated heterocycles. The summed E-state index contributed by atoms with van der Waals surface area (Å²) in [7, 11) is 0. The number of benzene rings is 1. The predicted octanol–water partition coefficient (Wildman–Crippen LogP) is 3.74. The van der Waals surface area contributed by atoms with Gasteiger partial charge in [-0.25, -0.2) is 0 Å². The summed E-state index contributed by atoms with van der Waals surface area (Å²) in [5, 5.41) is 9.85. The first-order chi connectivity index (χ1) is 11.1. The lowest BCUT2D eigenvalue weighted by Gasteiger charge is -2.37. The molecular weight excluding hydrogens is 310 g/mol. The zero-order chi connectivity index (χ0) is 16.4. The lowest BCUT2D eigenvalue weighted by atomic mass is 9.99. The highest BCUT2D eigenvalue weighted by atomic mass is 35.5. The van der Waals surface area contributed by atoms with Gasteiger partial charge in [0.15, 0.2) is 5.72 Å². The van der Waals surface area contributed by atoms with Crippen LogP contribution in [-0.4, -0.2) is 23.3 Å². The van der Waals surface area contributed by atoms with Crippen LogP contribution in [0.3, 0.4) is 0 Å². The van der Waals surface area contributed by atoms with E-state index in [0.29, 0.717) is 6.61 Å². The molecule has 2 N–H and O–H groups in total. The molecule has 0 amide bonds. The molecule has 5 heteroatoms. The number of likely N-dealkylation sites (tertiary alicyclic amines) is 1. The minimum absolute atomic E-state index is 0.0608. The van der Waals surface area contributed by atoms with Gasteiger partial charge in [-0.05, 0) is 37.0 Å². The number of halogens is 1. The molecule has 1 unspecified atom stereocenters. The Balaban J connectivity index is 1.97. The van der Waals surface area contributed by atoms with Gasteiger partial charge in [-0.1, -0.05) is 37.1 Å². The van der Waals surface area contributed by atoms with Gasteiger partial charge in [-0.3, -0.25) is 0 Å². The van der Waals surface area contributed by atoms with E-state index in [-0.39, 0.29) is 12.1 Å². The van der Waals surface area contributed by atoms with E-state index in [9.17, 15) is 0 Å². The van der Waals surface area contributed by atoms with Gasteiger partial charge in [-0.15, -0.1) is 0 Å². The van der Waals surface area contributed by atoms with E-state index in [0.717, 1.165) is 42.0 Å². The van der Waals surface area contributed by atoms with Crippen molar-refractivity contribution in [3.8, 4) is 6.07 Å². The fraction of sp³-hybridized carbons (Fsp3) is 0.500. The molecule has 1 aromatic carbocycles. The Kier molecular flexibility index (Phi) is 4.63. The summed E-state index contributed by atoms with van der Waals surface area (Å²) in [6.45, 7) is 2.74. The van der Waals surface area contributed by atoms with Crippen molar-refractivity contribution in [3.05, 3.63) is 46.6 Å². The number of nitriles is 1. The van der Waals surface area contributed by atoms with E-state index in [1.807, 2.05) is 18.2 Å². The molecule has 2 heterocycles. The van der Waals surface area contributed by atoms with Crippen molar-refractivity contribution in [2.45, 2.75) is 50.4 Å². The van der Waals surface area contributed by atoms with Crippen LogP contribution < -0.4 is 5.73 Å². The molecule has 0 aliphatic carbocycles. The first-order valence-corrected chi connectivity index (χ1v) is 8.53. The van der Waals surface area contributed by atoms with Crippen molar-refractivity contribution in [2.75, 3.05) is 6.61 Å². The molecule has 3 atom stereocenters. The molecule has 0 aromatic heterocycles. The highest BCUT2D eigenvalue weighted by Gasteiger charge is 2.58. The van der Waals surface area contributed by atoms with E-state index in [1.165, 1.54) is 0 Å². The maximum atomic E-state index is 9.13. The molecule has 1 aromatic rings. The van der Waals surface area contributed by atoms with Crippen LogP contribution in [0.1, 0.15) is 44.2 Å². The first kappa shape index (κ1) is 16.3. The Bertz CT molecular complexity index is 648. The van der Waals surface area contributed by atoms with Crippen LogP contribution >= 0.6 is 11.6 Å². The molecule has 3 rings (SSSR count). The molecule has 23 heavy (non-hydrogen) atoms. The number of epoxide rings is 1. The molecule has 2 aliphatic rings. The summed E-state index contributed by atoms with van der Waals surface area (Å²) in [5.74, 6) is 0. The summed E-state index contributed by atoms with van der Waals surface area (Å²) in [6, 6.07) is 10.2. The molecule has 2 fully saturated rings. The highest BCUT2D eigenvalue weighted by molar-refractivity contribution is 6.30. The number of nitrogens with two attached hydrogens (primary N) is 1. The first-order valence-electron chi connectivity index (χ1n) is 8.15. The standard InChI is InChI=1S/C18H22ClN3O/c1-2-4-17(21)18(12-23-18)22-15(9-10-20)7-8-16(22)13-5-3-6-14(19)11-13/h3,5-6,9,11,16-17H,2,4,7-8,12,21H2,1H3/b15-9+/t16-,17+,18?/m0/s1. The maximum Gasteiger partial charge on any atom is 0.180 e. The van der Waals surface area contributed by atoms with Crippen molar-refractivity contribution in [1.29, 1.82) is 5.26 Å². The Morgan fingerprint density at radius 1 is 1.61 bits per heavy atom. The van der Waals surface area contributed by atoms with Crippen LogP contribution in [-0.2, 0) is 4.74 Å². The van der Waals surface area contributed by atoms with Crippen LogP contribution in [0.2, 0.25) is 5.02 Å². The molecule has 2 aliphatic heterocycles. The van der Waals surface area contributed by atoms with Gasteiger partial charge >= 0.3 is 0 Å². The average Bonchev–Trinajstić information content (AvgIpc) is 3.23. The van der Waals surface area contributed by atoms with E-state index in [1.54, 1.807) is 6.08 Å². The second kappa shape index (κ2) is 6.52. The third kappa shape index (κ3) is 2.97. The number of ether oxygens (including phenoxy) is 1. The van der Waals surface area contributed by atoms with Gasteiger partial charge in [0.1, 0.15) is 0 Å². The third-order valence-electron chi connectivity index (χ3n) is 4.79. The van der Waals surface area contributed by atoms with Gasteiger partial charge in [0.25, 0.3) is 0 Å². The molecule has 0 saturated carbocycles. The number of allylic oxidation sites excluding steroid dienone is 2. The van der Waals surface area contributed by atoms with Gasteiger partial charge in [0.05, 0.1) is 24.8 Å². The number of hydrogen-bond donors (Lipinski definition) is 1. The Morgan fingerprint density at radius 2 is 2.39 bits per heavy atom. The van der Waals surface area contributed by atoms with Crippen molar-refractivity contribution >= 4 is 11.6 Å². The van der Waals surface area contributed by atoms with Crippen LogP contribution in [0.25, 0.3) is 0 Å². The number of nitrogens with zero attached hydrogens (tertiary/aromatic N) is 2. The van der Waals surface area contributed by atoms with Crippen LogP contribution in [0.5, 0.6) is 0 Å². The van der Waals surface area contributed by atoms with Crippen molar-refractivity contribution in [1.82, 2.24) is 4.90 Å². The van der Waals surface area contributed by atoms with E-state index in [4.69, 9.17) is 27.3 Å². The Labute approximate surface area is 142 Å². The molecule has 0 spiro atoms. The smallest absolute Gasteiger partial charge is 0.180 e. The normalized spacial score (nSPS) is 29.6. The molecule has 4 nitrogen and oxygen atoms in total. The lowest BCUT2D eigenvalue weighted by molar-refractivity contribution is 0.0636. The zero-order valence-electron chi connectivity index (χ0n) is 13.3. The summed E-state index contributed by atoms with van der Waals surface area (Å²) < 4.78 is 5.87. The van der Waals surface area contributed by atoms with Gasteiger partial charge in [-0.2, -0.15) is 5.26 Å². The fourth-order valence-electron chi connectivity index (χ4n) is 3.63. The third-order valence-corrected chi connectivity index (χ3v) is 5.02. The van der Waals surface area contributed by atoms with Crippen LogP contribution in [0.15, 0.2) is 36.0 Å². The average molecular weight is 332 g/mol. The van der Waals surface area contributed by atoms with E-state index < -0.39 is 5.72 Å². The zero-order valence-corrected chi connectivity index (χ0v) is 14.1. The molecular formula is C18H22ClN3O. The molecule has 0 radical (unpaired) electrons. The Morgan fingerprint density at radius 3 is 3.00 bits per heavy atom. The predicted molar refractivity (Wildman–Crippen MR) is 90.5 cm³/mol. The molecule has 122 valence electrons. The van der Waals surface area contributed by atoms with Gasteiger partial charge in [0.2, 0.25) is 0 Å². The second-order valence-electron chi connectivity index (χ2n) is 6.27. The van der Waals surface area contributed by atoms with Crippen molar-refractivity contribution in [2.24, 2.45) is 5.73 Å². The monoisotopic (exact) mass is 331 g/mol. The number of hydrogen-bond acceptors (Lipinski definition) is 4. The summed E-state index contributed by atoms with van der Waals surface area (Å²) in [4.78, 5) is 2.24. The summed E-state index contributed by atoms with van der Waals surface area (Å²) >= 11 is 6.17. The fourth-order valence-corrected chi connectivity index (χ4v) is 3.83. The van der Waals surface area contributed by atoms with Gasteiger partial charge in [0, 0.05) is 16.8 Å².